The molecule has 7 heteroatoms. The second-order valence-electron chi connectivity index (χ2n) is 6.19. The minimum absolute atomic E-state index is 0.00716. The molecule has 3 nitrogen and oxygen atoms in total. The van der Waals surface area contributed by atoms with E-state index in [0.717, 1.165) is 25.8 Å². The first kappa shape index (κ1) is 14.9. The van der Waals surface area contributed by atoms with E-state index in [4.69, 9.17) is 11.6 Å². The number of likely N-dealkylation sites (N-methyl/N-ethyl adjacent to an activating group) is 1. The number of halogens is 4. The molecule has 0 N–H and O–H groups in total. The van der Waals surface area contributed by atoms with Gasteiger partial charge in [-0.1, -0.05) is 11.6 Å². The highest BCUT2D eigenvalue weighted by atomic mass is 35.5. The fourth-order valence-corrected chi connectivity index (χ4v) is 3.55. The molecule has 2 aliphatic heterocycles. The van der Waals surface area contributed by atoms with Crippen LogP contribution in [-0.4, -0.2) is 48.8 Å². The number of hydrogen-bond acceptors (Lipinski definition) is 3. The Balaban J connectivity index is 1.87. The number of hydrogen-bond donors (Lipinski definition) is 0. The van der Waals surface area contributed by atoms with Crippen LogP contribution in [0.4, 0.5) is 18.9 Å². The van der Waals surface area contributed by atoms with Crippen LogP contribution in [0.15, 0.2) is 18.2 Å². The van der Waals surface area contributed by atoms with E-state index >= 15 is 0 Å². The van der Waals surface area contributed by atoms with Crippen molar-refractivity contribution in [1.29, 1.82) is 0 Å². The van der Waals surface area contributed by atoms with E-state index in [1.165, 1.54) is 6.07 Å². The number of nitrogens with zero attached hydrogens (tertiary/aromatic N) is 3. The van der Waals surface area contributed by atoms with Crippen molar-refractivity contribution in [1.82, 2.24) is 9.80 Å². The molecule has 1 atom stereocenters. The van der Waals surface area contributed by atoms with Crippen LogP contribution in [0.3, 0.4) is 0 Å². The average Bonchev–Trinajstić information content (AvgIpc) is 2.78. The van der Waals surface area contributed by atoms with Gasteiger partial charge in [0.2, 0.25) is 0 Å². The normalized spacial score (nSPS) is 27.4. The number of rotatable bonds is 1. The first-order valence-electron chi connectivity index (χ1n) is 6.74. The largest absolute Gasteiger partial charge is 0.417 e. The molecule has 2 heterocycles. The Kier molecular flexibility index (Phi) is 3.39. The van der Waals surface area contributed by atoms with E-state index in [2.05, 4.69) is 23.8 Å². The Morgan fingerprint density at radius 2 is 1.90 bits per heavy atom. The predicted octanol–water partition coefficient (Wildman–Crippen LogP) is 3.10. The van der Waals surface area contributed by atoms with Crippen molar-refractivity contribution >= 4 is 17.3 Å². The molecule has 21 heavy (non-hydrogen) atoms. The van der Waals surface area contributed by atoms with Gasteiger partial charge in [-0.15, -0.1) is 0 Å². The summed E-state index contributed by atoms with van der Waals surface area (Å²) in [5, 5.41) is -0.253. The molecule has 2 fully saturated rings. The Hall–Kier alpha value is -0.980. The van der Waals surface area contributed by atoms with E-state index in [9.17, 15) is 13.2 Å². The molecule has 0 aliphatic carbocycles. The number of alkyl halides is 3. The number of anilines is 1. The molecular formula is C14H17ClF3N3. The smallest absolute Gasteiger partial charge is 0.357 e. The lowest BCUT2D eigenvalue weighted by Crippen LogP contribution is -2.40. The van der Waals surface area contributed by atoms with E-state index in [1.54, 1.807) is 6.07 Å². The van der Waals surface area contributed by atoms with Crippen LogP contribution in [0.5, 0.6) is 0 Å². The van der Waals surface area contributed by atoms with Crippen LogP contribution < -0.4 is 4.90 Å². The summed E-state index contributed by atoms with van der Waals surface area (Å²) < 4.78 is 38.9. The van der Waals surface area contributed by atoms with Crippen molar-refractivity contribution in [2.45, 2.75) is 18.6 Å². The third-order valence-corrected chi connectivity index (χ3v) is 4.61. The molecule has 0 aromatic heterocycles. The van der Waals surface area contributed by atoms with Gasteiger partial charge in [0.05, 0.1) is 29.5 Å². The number of fused-ring (bicyclic) bond motifs is 1. The molecule has 2 aliphatic rings. The zero-order chi connectivity index (χ0) is 15.4. The molecule has 0 bridgehead atoms. The highest BCUT2D eigenvalue weighted by molar-refractivity contribution is 6.31. The maximum absolute atomic E-state index is 13.0. The summed E-state index contributed by atoms with van der Waals surface area (Å²) in [6.07, 6.45) is -4.42. The maximum atomic E-state index is 13.0. The average molecular weight is 320 g/mol. The second-order valence-corrected chi connectivity index (χ2v) is 6.60. The van der Waals surface area contributed by atoms with E-state index in [-0.39, 0.29) is 10.6 Å². The number of benzene rings is 1. The zero-order valence-electron chi connectivity index (χ0n) is 11.9. The summed E-state index contributed by atoms with van der Waals surface area (Å²) in [5.74, 6) is 0. The lowest BCUT2D eigenvalue weighted by molar-refractivity contribution is -0.137. The van der Waals surface area contributed by atoms with Crippen LogP contribution in [0.25, 0.3) is 0 Å². The summed E-state index contributed by atoms with van der Waals surface area (Å²) in [7, 11) is 2.05. The summed E-state index contributed by atoms with van der Waals surface area (Å²) in [4.78, 5) is 6.49. The van der Waals surface area contributed by atoms with Crippen LogP contribution in [0, 0.1) is 0 Å². The first-order valence-corrected chi connectivity index (χ1v) is 7.12. The van der Waals surface area contributed by atoms with Crippen LogP contribution >= 0.6 is 11.6 Å². The summed E-state index contributed by atoms with van der Waals surface area (Å²) in [6.45, 7) is 5.27. The lowest BCUT2D eigenvalue weighted by atomic mass is 10.0. The molecule has 1 aromatic rings. The summed E-state index contributed by atoms with van der Waals surface area (Å²) >= 11 is 5.67. The highest BCUT2D eigenvalue weighted by Crippen LogP contribution is 2.39. The van der Waals surface area contributed by atoms with Crippen molar-refractivity contribution < 1.29 is 13.2 Å². The molecular weight excluding hydrogens is 303 g/mol. The standard InChI is InChI=1S/C14H17ClF3N3/c1-13-6-19(2)8-21(13)9-20(7-13)10-3-4-12(15)11(5-10)14(16,17)18/h3-5H,6-9H2,1-2H3. The molecule has 1 aromatic carbocycles. The van der Waals surface area contributed by atoms with Crippen molar-refractivity contribution in [2.75, 3.05) is 38.4 Å². The van der Waals surface area contributed by atoms with E-state index in [0.29, 0.717) is 12.4 Å². The third-order valence-electron chi connectivity index (χ3n) is 4.28. The molecule has 2 saturated heterocycles. The Bertz CT molecular complexity index is 563. The van der Waals surface area contributed by atoms with Gasteiger partial charge in [0.25, 0.3) is 0 Å². The van der Waals surface area contributed by atoms with Gasteiger partial charge in [0.15, 0.2) is 0 Å². The monoisotopic (exact) mass is 319 g/mol. The van der Waals surface area contributed by atoms with Crippen molar-refractivity contribution in [3.8, 4) is 0 Å². The molecule has 1 unspecified atom stereocenters. The summed E-state index contributed by atoms with van der Waals surface area (Å²) in [5.41, 5.74) is -0.201. The fraction of sp³-hybridized carbons (Fsp3) is 0.571. The predicted molar refractivity (Wildman–Crippen MR) is 76.4 cm³/mol. The highest BCUT2D eigenvalue weighted by Gasteiger charge is 2.46. The van der Waals surface area contributed by atoms with Crippen LogP contribution in [0.2, 0.25) is 5.02 Å². The van der Waals surface area contributed by atoms with Gasteiger partial charge in [0, 0.05) is 18.8 Å². The lowest BCUT2D eigenvalue weighted by Gasteiger charge is -2.24. The minimum atomic E-state index is -4.42. The molecule has 116 valence electrons. The van der Waals surface area contributed by atoms with Crippen molar-refractivity contribution in [2.24, 2.45) is 0 Å². The van der Waals surface area contributed by atoms with E-state index < -0.39 is 11.7 Å². The fourth-order valence-electron chi connectivity index (χ4n) is 3.33. The van der Waals surface area contributed by atoms with E-state index in [1.807, 2.05) is 4.90 Å². The van der Waals surface area contributed by atoms with Crippen LogP contribution in [-0.2, 0) is 6.18 Å². The van der Waals surface area contributed by atoms with Crippen molar-refractivity contribution in [3.63, 3.8) is 0 Å². The topological polar surface area (TPSA) is 9.72 Å². The van der Waals surface area contributed by atoms with Crippen molar-refractivity contribution in [3.05, 3.63) is 28.8 Å². The Morgan fingerprint density at radius 3 is 2.52 bits per heavy atom. The van der Waals surface area contributed by atoms with Gasteiger partial charge in [0.1, 0.15) is 0 Å². The van der Waals surface area contributed by atoms with Gasteiger partial charge in [-0.25, -0.2) is 0 Å². The Labute approximate surface area is 126 Å². The molecule has 0 spiro atoms. The quantitative estimate of drug-likeness (QED) is 0.787. The second kappa shape index (κ2) is 4.76. The van der Waals surface area contributed by atoms with Gasteiger partial charge in [-0.05, 0) is 32.2 Å². The third kappa shape index (κ3) is 2.60. The van der Waals surface area contributed by atoms with Gasteiger partial charge >= 0.3 is 6.18 Å². The SMILES string of the molecule is CN1CN2CN(c3ccc(Cl)c(C(F)(F)F)c3)CC2(C)C1. The Morgan fingerprint density at radius 1 is 1.19 bits per heavy atom. The molecule has 0 radical (unpaired) electrons. The maximum Gasteiger partial charge on any atom is 0.417 e. The van der Waals surface area contributed by atoms with Gasteiger partial charge in [-0.2, -0.15) is 13.2 Å². The van der Waals surface area contributed by atoms with Gasteiger partial charge < -0.3 is 4.90 Å². The zero-order valence-corrected chi connectivity index (χ0v) is 12.7. The van der Waals surface area contributed by atoms with Crippen LogP contribution in [0.1, 0.15) is 12.5 Å². The summed E-state index contributed by atoms with van der Waals surface area (Å²) in [6, 6.07) is 4.14. The minimum Gasteiger partial charge on any atom is -0.357 e. The molecule has 0 saturated carbocycles. The first-order chi connectivity index (χ1) is 9.69. The molecule has 0 amide bonds. The molecule has 3 rings (SSSR count). The van der Waals surface area contributed by atoms with Gasteiger partial charge in [-0.3, -0.25) is 9.80 Å².